The number of para-hydroxylation sites is 2. The molecule has 1 aliphatic rings. The predicted octanol–water partition coefficient (Wildman–Crippen LogP) is 2.25. The van der Waals surface area contributed by atoms with Gasteiger partial charge in [-0.2, -0.15) is 0 Å². The Hall–Kier alpha value is -3.17. The highest BCUT2D eigenvalue weighted by Gasteiger charge is 2.21. The van der Waals surface area contributed by atoms with Crippen molar-refractivity contribution >= 4 is 11.9 Å². The molecule has 0 bridgehead atoms. The van der Waals surface area contributed by atoms with Crippen LogP contribution in [0.2, 0.25) is 0 Å². The summed E-state index contributed by atoms with van der Waals surface area (Å²) in [5.74, 6) is 2.46. The first-order valence-electron chi connectivity index (χ1n) is 10.8. The molecule has 1 saturated heterocycles. The van der Waals surface area contributed by atoms with Crippen LogP contribution in [0.3, 0.4) is 0 Å². The Labute approximate surface area is 195 Å². The Morgan fingerprint density at radius 1 is 0.909 bits per heavy atom. The molecule has 1 N–H and O–H groups in total. The van der Waals surface area contributed by atoms with Gasteiger partial charge in [0.25, 0.3) is 0 Å². The fourth-order valence-electron chi connectivity index (χ4n) is 3.82. The van der Waals surface area contributed by atoms with Gasteiger partial charge >= 0.3 is 0 Å². The Balaban J connectivity index is 1.45. The Morgan fingerprint density at radius 2 is 1.55 bits per heavy atom. The predicted molar refractivity (Wildman–Crippen MR) is 127 cm³/mol. The van der Waals surface area contributed by atoms with E-state index in [1.165, 1.54) is 0 Å². The number of ether oxygens (including phenoxy) is 4. The van der Waals surface area contributed by atoms with Gasteiger partial charge < -0.3 is 33.8 Å². The van der Waals surface area contributed by atoms with E-state index in [1.54, 1.807) is 46.8 Å². The van der Waals surface area contributed by atoms with Crippen molar-refractivity contribution in [3.8, 4) is 23.0 Å². The van der Waals surface area contributed by atoms with E-state index in [1.807, 2.05) is 18.2 Å². The number of β-amino-alcohol motifs (C(OH)–C–C–N with tert-alkyl or cyclic N) is 1. The maximum Gasteiger partial charge on any atom is 0.203 e. The van der Waals surface area contributed by atoms with E-state index < -0.39 is 6.10 Å². The van der Waals surface area contributed by atoms with Gasteiger partial charge in [0, 0.05) is 38.3 Å². The van der Waals surface area contributed by atoms with Crippen LogP contribution < -0.4 is 23.8 Å². The van der Waals surface area contributed by atoms with Crippen molar-refractivity contribution in [2.75, 3.05) is 72.7 Å². The van der Waals surface area contributed by atoms with E-state index in [0.717, 1.165) is 43.2 Å². The summed E-state index contributed by atoms with van der Waals surface area (Å²) in [6, 6.07) is 11.6. The zero-order valence-electron chi connectivity index (χ0n) is 19.7. The summed E-state index contributed by atoms with van der Waals surface area (Å²) >= 11 is 0. The molecule has 9 heteroatoms. The highest BCUT2D eigenvalue weighted by Crippen LogP contribution is 2.37. The smallest absolute Gasteiger partial charge is 0.203 e. The van der Waals surface area contributed by atoms with E-state index >= 15 is 0 Å². The lowest BCUT2D eigenvalue weighted by Gasteiger charge is -2.37. The van der Waals surface area contributed by atoms with E-state index in [0.29, 0.717) is 23.8 Å². The topological polar surface area (TPSA) is 85.2 Å². The number of aliphatic hydroxyl groups is 1. The molecule has 9 nitrogen and oxygen atoms in total. The maximum absolute atomic E-state index is 10.4. The average Bonchev–Trinajstić information content (AvgIpc) is 2.86. The minimum Gasteiger partial charge on any atom is -0.495 e. The van der Waals surface area contributed by atoms with E-state index in [2.05, 4.69) is 21.0 Å². The molecule has 1 heterocycles. The lowest BCUT2D eigenvalue weighted by atomic mass is 10.2. The van der Waals surface area contributed by atoms with Crippen molar-refractivity contribution < 1.29 is 28.9 Å². The summed E-state index contributed by atoms with van der Waals surface area (Å²) in [6.07, 6.45) is 0.906. The molecule has 0 saturated carbocycles. The number of methoxy groups -OCH3 is 4. The average molecular weight is 460 g/mol. The number of hydrogen-bond acceptors (Lipinski definition) is 9. The van der Waals surface area contributed by atoms with Gasteiger partial charge in [0.2, 0.25) is 5.75 Å². The van der Waals surface area contributed by atoms with Gasteiger partial charge in [-0.15, -0.1) is 0 Å². The van der Waals surface area contributed by atoms with Crippen LogP contribution in [0.15, 0.2) is 41.6 Å². The second kappa shape index (κ2) is 12.2. The summed E-state index contributed by atoms with van der Waals surface area (Å²) in [6.45, 7) is 4.07. The number of nitrogens with zero attached hydrogens (tertiary/aromatic N) is 3. The minimum atomic E-state index is -0.639. The molecule has 0 aliphatic carbocycles. The molecule has 3 rings (SSSR count). The van der Waals surface area contributed by atoms with Crippen molar-refractivity contribution in [1.82, 2.24) is 4.90 Å². The molecule has 0 amide bonds. The van der Waals surface area contributed by atoms with Gasteiger partial charge in [0.1, 0.15) is 18.5 Å². The van der Waals surface area contributed by atoms with Gasteiger partial charge in [0.05, 0.1) is 40.3 Å². The summed E-state index contributed by atoms with van der Waals surface area (Å²) in [5.41, 5.74) is 1.83. The van der Waals surface area contributed by atoms with Crippen LogP contribution in [0.5, 0.6) is 23.0 Å². The van der Waals surface area contributed by atoms with E-state index in [9.17, 15) is 5.11 Å². The van der Waals surface area contributed by atoms with Crippen molar-refractivity contribution in [2.24, 2.45) is 5.16 Å². The Bertz CT molecular complexity index is 890. The fraction of sp³-hybridized carbons (Fsp3) is 0.458. The molecular formula is C24H33N3O6. The highest BCUT2D eigenvalue weighted by molar-refractivity contribution is 5.82. The van der Waals surface area contributed by atoms with Crippen molar-refractivity contribution in [1.29, 1.82) is 0 Å². The SMILES string of the molecule is COc1ccccc1N1CCN(CC(O)CO/N=C/c2cc(OC)c(OC)c(OC)c2)CC1. The third kappa shape index (κ3) is 6.43. The zero-order valence-corrected chi connectivity index (χ0v) is 19.7. The second-order valence-corrected chi connectivity index (χ2v) is 7.60. The second-order valence-electron chi connectivity index (χ2n) is 7.60. The quantitative estimate of drug-likeness (QED) is 0.405. The molecule has 1 atom stereocenters. The third-order valence-corrected chi connectivity index (χ3v) is 5.50. The van der Waals surface area contributed by atoms with Crippen LogP contribution in [0.4, 0.5) is 5.69 Å². The van der Waals surface area contributed by atoms with Crippen molar-refractivity contribution in [3.05, 3.63) is 42.0 Å². The highest BCUT2D eigenvalue weighted by atomic mass is 16.6. The molecule has 0 spiro atoms. The number of piperazine rings is 1. The molecule has 1 unspecified atom stereocenters. The normalized spacial score (nSPS) is 15.4. The molecule has 33 heavy (non-hydrogen) atoms. The molecule has 0 aromatic heterocycles. The van der Waals surface area contributed by atoms with Crippen LogP contribution in [-0.4, -0.2) is 90.1 Å². The first-order valence-corrected chi connectivity index (χ1v) is 10.8. The monoisotopic (exact) mass is 459 g/mol. The molecule has 0 radical (unpaired) electrons. The first kappa shape index (κ1) is 24.5. The standard InChI is InChI=1S/C24H33N3O6/c1-29-21-8-6-5-7-20(21)27-11-9-26(10-12-27)16-19(28)17-33-25-15-18-13-22(30-2)24(32-4)23(14-18)31-3/h5-8,13-15,19,28H,9-12,16-17H2,1-4H3/b25-15+. The molecule has 2 aromatic carbocycles. The number of aliphatic hydroxyl groups excluding tert-OH is 1. The summed E-state index contributed by atoms with van der Waals surface area (Å²) in [7, 11) is 6.36. The van der Waals surface area contributed by atoms with Crippen molar-refractivity contribution in [3.63, 3.8) is 0 Å². The molecule has 2 aromatic rings. The third-order valence-electron chi connectivity index (χ3n) is 5.50. The van der Waals surface area contributed by atoms with E-state index in [4.69, 9.17) is 23.8 Å². The zero-order chi connectivity index (χ0) is 23.6. The maximum atomic E-state index is 10.4. The molecular weight excluding hydrogens is 426 g/mol. The molecule has 1 fully saturated rings. The minimum absolute atomic E-state index is 0.105. The lowest BCUT2D eigenvalue weighted by molar-refractivity contribution is 0.0186. The number of benzene rings is 2. The largest absolute Gasteiger partial charge is 0.495 e. The summed E-state index contributed by atoms with van der Waals surface area (Å²) < 4.78 is 21.4. The summed E-state index contributed by atoms with van der Waals surface area (Å²) in [4.78, 5) is 9.85. The first-order chi connectivity index (χ1) is 16.1. The van der Waals surface area contributed by atoms with Crippen LogP contribution in [-0.2, 0) is 4.84 Å². The van der Waals surface area contributed by atoms with Gasteiger partial charge in [-0.3, -0.25) is 4.90 Å². The van der Waals surface area contributed by atoms with Crippen LogP contribution in [0.25, 0.3) is 0 Å². The van der Waals surface area contributed by atoms with Crippen LogP contribution >= 0.6 is 0 Å². The molecule has 180 valence electrons. The van der Waals surface area contributed by atoms with Crippen LogP contribution in [0.1, 0.15) is 5.56 Å². The fourth-order valence-corrected chi connectivity index (χ4v) is 3.82. The van der Waals surface area contributed by atoms with E-state index in [-0.39, 0.29) is 6.61 Å². The van der Waals surface area contributed by atoms with Crippen LogP contribution in [0, 0.1) is 0 Å². The summed E-state index contributed by atoms with van der Waals surface area (Å²) in [5, 5.41) is 14.3. The Kier molecular flexibility index (Phi) is 9.03. The van der Waals surface area contributed by atoms with Crippen molar-refractivity contribution in [2.45, 2.75) is 6.10 Å². The van der Waals surface area contributed by atoms with Gasteiger partial charge in [-0.1, -0.05) is 17.3 Å². The lowest BCUT2D eigenvalue weighted by Crippen LogP contribution is -2.49. The molecule has 1 aliphatic heterocycles. The number of hydrogen-bond donors (Lipinski definition) is 1. The number of oxime groups is 1. The van der Waals surface area contributed by atoms with Gasteiger partial charge in [0.15, 0.2) is 11.5 Å². The van der Waals surface area contributed by atoms with Gasteiger partial charge in [-0.25, -0.2) is 0 Å². The number of rotatable bonds is 11. The Morgan fingerprint density at radius 3 is 2.15 bits per heavy atom. The number of anilines is 1. The van der Waals surface area contributed by atoms with Gasteiger partial charge in [-0.05, 0) is 24.3 Å².